The predicted octanol–water partition coefficient (Wildman–Crippen LogP) is 1.63. The normalized spacial score (nSPS) is 16.8. The minimum absolute atomic E-state index is 0. The van der Waals surface area contributed by atoms with Crippen molar-refractivity contribution in [2.45, 2.75) is 43.5 Å². The summed E-state index contributed by atoms with van der Waals surface area (Å²) in [5.41, 5.74) is 6.38. The lowest BCUT2D eigenvalue weighted by Crippen LogP contribution is -2.40. The van der Waals surface area contributed by atoms with Gasteiger partial charge in [-0.25, -0.2) is 8.42 Å². The van der Waals surface area contributed by atoms with Gasteiger partial charge in [-0.1, -0.05) is 18.6 Å². The first-order valence-electron chi connectivity index (χ1n) is 8.41. The molecule has 1 amide bonds. The molecule has 25 heavy (non-hydrogen) atoms. The third-order valence-corrected chi connectivity index (χ3v) is 6.54. The Hall–Kier alpha value is -1.15. The van der Waals surface area contributed by atoms with E-state index >= 15 is 0 Å². The Morgan fingerprint density at radius 3 is 2.28 bits per heavy atom. The van der Waals surface area contributed by atoms with Crippen molar-refractivity contribution in [3.8, 4) is 0 Å². The quantitative estimate of drug-likeness (QED) is 0.801. The summed E-state index contributed by atoms with van der Waals surface area (Å²) in [6, 6.07) is 6.61. The molecule has 1 aliphatic heterocycles. The van der Waals surface area contributed by atoms with Crippen LogP contribution in [-0.4, -0.2) is 56.3 Å². The molecule has 0 saturated carbocycles. The van der Waals surface area contributed by atoms with Crippen molar-refractivity contribution in [1.29, 1.82) is 0 Å². The highest BCUT2D eigenvalue weighted by Gasteiger charge is 2.25. The number of benzene rings is 1. The van der Waals surface area contributed by atoms with Gasteiger partial charge in [-0.05, 0) is 37.5 Å². The van der Waals surface area contributed by atoms with E-state index in [1.165, 1.54) is 0 Å². The smallest absolute Gasteiger partial charge is 0.243 e. The van der Waals surface area contributed by atoms with Gasteiger partial charge in [0.2, 0.25) is 15.9 Å². The molecule has 2 rings (SSSR count). The Morgan fingerprint density at radius 2 is 1.76 bits per heavy atom. The number of nitrogens with two attached hydrogens (primary N) is 1. The van der Waals surface area contributed by atoms with Crippen molar-refractivity contribution in [3.63, 3.8) is 0 Å². The zero-order valence-corrected chi connectivity index (χ0v) is 16.5. The first-order chi connectivity index (χ1) is 11.4. The van der Waals surface area contributed by atoms with Gasteiger partial charge < -0.3 is 10.6 Å². The SMILES string of the molecule is CC(CN)N(C)C(=O)Cc1ccc(S(=O)(=O)N2CCCCC2)cc1.Cl. The molecule has 1 atom stereocenters. The fourth-order valence-corrected chi connectivity index (χ4v) is 4.25. The summed E-state index contributed by atoms with van der Waals surface area (Å²) in [6.07, 6.45) is 3.15. The Bertz CT molecular complexity index is 658. The van der Waals surface area contributed by atoms with Crippen molar-refractivity contribution >= 4 is 28.3 Å². The van der Waals surface area contributed by atoms with E-state index in [1.54, 1.807) is 40.5 Å². The summed E-state index contributed by atoms with van der Waals surface area (Å²) < 4.78 is 26.7. The molecule has 0 aromatic heterocycles. The number of amides is 1. The molecule has 0 spiro atoms. The number of carbonyl (C=O) groups excluding carboxylic acids is 1. The zero-order valence-electron chi connectivity index (χ0n) is 14.8. The third kappa shape index (κ3) is 5.41. The van der Waals surface area contributed by atoms with Gasteiger partial charge in [0.25, 0.3) is 0 Å². The van der Waals surface area contributed by atoms with Crippen LogP contribution in [0.3, 0.4) is 0 Å². The van der Waals surface area contributed by atoms with Gasteiger partial charge in [0.05, 0.1) is 11.3 Å². The van der Waals surface area contributed by atoms with Crippen LogP contribution in [0.5, 0.6) is 0 Å². The monoisotopic (exact) mass is 389 g/mol. The molecule has 0 aliphatic carbocycles. The van der Waals surface area contributed by atoms with E-state index in [0.717, 1.165) is 24.8 Å². The maximum atomic E-state index is 12.6. The number of hydrogen-bond acceptors (Lipinski definition) is 4. The Kier molecular flexibility index (Phi) is 8.34. The number of rotatable bonds is 6. The molecule has 8 heteroatoms. The van der Waals surface area contributed by atoms with Crippen LogP contribution in [0.25, 0.3) is 0 Å². The predicted molar refractivity (Wildman–Crippen MR) is 101 cm³/mol. The van der Waals surface area contributed by atoms with Crippen molar-refractivity contribution in [1.82, 2.24) is 9.21 Å². The van der Waals surface area contributed by atoms with E-state index < -0.39 is 10.0 Å². The van der Waals surface area contributed by atoms with Gasteiger partial charge in [-0.3, -0.25) is 4.79 Å². The van der Waals surface area contributed by atoms with Crippen molar-refractivity contribution < 1.29 is 13.2 Å². The Balaban J connectivity index is 0.00000312. The van der Waals surface area contributed by atoms with Crippen LogP contribution in [0.4, 0.5) is 0 Å². The lowest BCUT2D eigenvalue weighted by molar-refractivity contribution is -0.130. The summed E-state index contributed by atoms with van der Waals surface area (Å²) in [5, 5.41) is 0. The van der Waals surface area contributed by atoms with Crippen LogP contribution < -0.4 is 5.73 Å². The second-order valence-electron chi connectivity index (χ2n) is 6.37. The van der Waals surface area contributed by atoms with Crippen LogP contribution in [0.1, 0.15) is 31.7 Å². The van der Waals surface area contributed by atoms with Crippen LogP contribution >= 0.6 is 12.4 Å². The maximum Gasteiger partial charge on any atom is 0.243 e. The molecule has 142 valence electrons. The topological polar surface area (TPSA) is 83.7 Å². The average Bonchev–Trinajstić information content (AvgIpc) is 2.61. The van der Waals surface area contributed by atoms with Gasteiger partial charge in [-0.2, -0.15) is 4.31 Å². The lowest BCUT2D eigenvalue weighted by atomic mass is 10.1. The number of likely N-dealkylation sites (N-methyl/N-ethyl adjacent to an activating group) is 1. The summed E-state index contributed by atoms with van der Waals surface area (Å²) in [5.74, 6) is -0.0282. The maximum absolute atomic E-state index is 12.6. The molecule has 2 N–H and O–H groups in total. The van der Waals surface area contributed by atoms with Crippen LogP contribution in [0.2, 0.25) is 0 Å². The summed E-state index contributed by atoms with van der Waals surface area (Å²) in [6.45, 7) is 3.48. The number of halogens is 1. The van der Waals surface area contributed by atoms with E-state index in [2.05, 4.69) is 0 Å². The first kappa shape index (κ1) is 21.9. The molecule has 1 unspecified atom stereocenters. The molecule has 1 heterocycles. The van der Waals surface area contributed by atoms with E-state index in [0.29, 0.717) is 24.5 Å². The third-order valence-electron chi connectivity index (χ3n) is 4.63. The van der Waals surface area contributed by atoms with Crippen LogP contribution in [0, 0.1) is 0 Å². The molecule has 0 radical (unpaired) electrons. The van der Waals surface area contributed by atoms with Crippen molar-refractivity contribution in [2.24, 2.45) is 5.73 Å². The fraction of sp³-hybridized carbons (Fsp3) is 0.588. The second kappa shape index (κ2) is 9.52. The fourth-order valence-electron chi connectivity index (χ4n) is 2.74. The second-order valence-corrected chi connectivity index (χ2v) is 8.31. The van der Waals surface area contributed by atoms with Gasteiger partial charge in [-0.15, -0.1) is 12.4 Å². The van der Waals surface area contributed by atoms with Gasteiger partial charge in [0, 0.05) is 32.7 Å². The molecule has 0 bridgehead atoms. The molecule has 1 aromatic carbocycles. The van der Waals surface area contributed by atoms with Crippen molar-refractivity contribution in [3.05, 3.63) is 29.8 Å². The van der Waals surface area contributed by atoms with Crippen LogP contribution in [0.15, 0.2) is 29.2 Å². The van der Waals surface area contributed by atoms with Gasteiger partial charge in [0.15, 0.2) is 0 Å². The molecule has 1 aliphatic rings. The minimum atomic E-state index is -3.42. The molecule has 1 saturated heterocycles. The zero-order chi connectivity index (χ0) is 17.7. The molecule has 1 aromatic rings. The van der Waals surface area contributed by atoms with E-state index in [9.17, 15) is 13.2 Å². The Morgan fingerprint density at radius 1 is 1.20 bits per heavy atom. The largest absolute Gasteiger partial charge is 0.341 e. The molecular formula is C17H28ClN3O3S. The minimum Gasteiger partial charge on any atom is -0.341 e. The van der Waals surface area contributed by atoms with Crippen molar-refractivity contribution in [2.75, 3.05) is 26.7 Å². The number of piperidine rings is 1. The highest BCUT2D eigenvalue weighted by atomic mass is 35.5. The summed E-state index contributed by atoms with van der Waals surface area (Å²) in [4.78, 5) is 14.1. The summed E-state index contributed by atoms with van der Waals surface area (Å²) >= 11 is 0. The van der Waals surface area contributed by atoms with E-state index in [-0.39, 0.29) is 30.8 Å². The molecule has 6 nitrogen and oxygen atoms in total. The number of carbonyl (C=O) groups is 1. The van der Waals surface area contributed by atoms with Crippen LogP contribution in [-0.2, 0) is 21.2 Å². The molecular weight excluding hydrogens is 362 g/mol. The number of hydrogen-bond donors (Lipinski definition) is 1. The highest BCUT2D eigenvalue weighted by molar-refractivity contribution is 7.89. The standard InChI is InChI=1S/C17H27N3O3S.ClH/c1-14(13-18)19(2)17(21)12-15-6-8-16(9-7-15)24(22,23)20-10-4-3-5-11-20;/h6-9,14H,3-5,10-13,18H2,1-2H3;1H. The average molecular weight is 390 g/mol. The lowest BCUT2D eigenvalue weighted by Gasteiger charge is -2.26. The Labute approximate surface area is 156 Å². The highest BCUT2D eigenvalue weighted by Crippen LogP contribution is 2.21. The van der Waals surface area contributed by atoms with E-state index in [1.807, 2.05) is 6.92 Å². The first-order valence-corrected chi connectivity index (χ1v) is 9.85. The number of nitrogens with zero attached hydrogens (tertiary/aromatic N) is 2. The number of sulfonamides is 1. The molecule has 1 fully saturated rings. The van der Waals surface area contributed by atoms with E-state index in [4.69, 9.17) is 5.73 Å². The summed E-state index contributed by atoms with van der Waals surface area (Å²) in [7, 11) is -1.69. The van der Waals surface area contributed by atoms with Gasteiger partial charge >= 0.3 is 0 Å². The van der Waals surface area contributed by atoms with Gasteiger partial charge in [0.1, 0.15) is 0 Å².